The van der Waals surface area contributed by atoms with Gasteiger partial charge in [-0.1, -0.05) is 18.2 Å². The lowest BCUT2D eigenvalue weighted by Gasteiger charge is -2.35. The highest BCUT2D eigenvalue weighted by atomic mass is 19.4. The van der Waals surface area contributed by atoms with E-state index in [4.69, 9.17) is 9.15 Å². The van der Waals surface area contributed by atoms with Crippen LogP contribution in [-0.2, 0) is 4.79 Å². The van der Waals surface area contributed by atoms with Gasteiger partial charge < -0.3 is 14.5 Å². The Labute approximate surface area is 167 Å². The predicted octanol–water partition coefficient (Wildman–Crippen LogP) is 3.73. The molecule has 5 rings (SSSR count). The van der Waals surface area contributed by atoms with Gasteiger partial charge in [0.25, 0.3) is 0 Å². The Morgan fingerprint density at radius 3 is 2.77 bits per heavy atom. The van der Waals surface area contributed by atoms with Gasteiger partial charge in [-0.05, 0) is 18.2 Å². The van der Waals surface area contributed by atoms with Gasteiger partial charge in [0.1, 0.15) is 17.4 Å². The molecule has 0 saturated heterocycles. The van der Waals surface area contributed by atoms with Crippen LogP contribution >= 0.6 is 0 Å². The minimum absolute atomic E-state index is 0.280. The number of carbonyl (C=O) groups excluding carboxylic acids is 1. The summed E-state index contributed by atoms with van der Waals surface area (Å²) >= 11 is 0. The van der Waals surface area contributed by atoms with Crippen molar-refractivity contribution in [1.29, 1.82) is 0 Å². The van der Waals surface area contributed by atoms with Crippen LogP contribution in [0.5, 0.6) is 5.88 Å². The van der Waals surface area contributed by atoms with Crippen molar-refractivity contribution in [3.05, 3.63) is 48.7 Å². The monoisotopic (exact) mass is 416 g/mol. The fraction of sp³-hybridized carbons (Fsp3) is 0.250. The van der Waals surface area contributed by atoms with Crippen molar-refractivity contribution < 1.29 is 27.1 Å². The van der Waals surface area contributed by atoms with Crippen molar-refractivity contribution in [2.75, 3.05) is 0 Å². The maximum atomic E-state index is 12.3. The Hall–Kier alpha value is -3.56. The lowest BCUT2D eigenvalue weighted by atomic mass is 9.89. The number of alkyl halides is 3. The van der Waals surface area contributed by atoms with Crippen molar-refractivity contribution in [3.8, 4) is 17.3 Å². The smallest absolute Gasteiger partial charge is 0.471 e. The number of para-hydroxylation sites is 1. The normalized spacial score (nSPS) is 19.0. The summed E-state index contributed by atoms with van der Waals surface area (Å²) in [4.78, 5) is 15.3. The summed E-state index contributed by atoms with van der Waals surface area (Å²) in [6.07, 6.45) is -3.00. The van der Waals surface area contributed by atoms with E-state index in [2.05, 4.69) is 10.1 Å². The molecule has 1 amide bonds. The molecule has 4 aromatic rings. The summed E-state index contributed by atoms with van der Waals surface area (Å²) in [5.41, 5.74) is 1.99. The molecule has 1 aromatic carbocycles. The number of halogens is 3. The largest absolute Gasteiger partial charge is 0.473 e. The van der Waals surface area contributed by atoms with Gasteiger partial charge in [-0.3, -0.25) is 4.79 Å². The van der Waals surface area contributed by atoms with Gasteiger partial charge in [-0.25, -0.2) is 9.50 Å². The molecule has 1 aliphatic carbocycles. The van der Waals surface area contributed by atoms with E-state index in [0.29, 0.717) is 23.0 Å². The first-order valence-electron chi connectivity index (χ1n) is 9.25. The molecule has 3 aromatic heterocycles. The third-order valence-electron chi connectivity index (χ3n) is 4.99. The second kappa shape index (κ2) is 6.75. The topological polar surface area (TPSA) is 81.7 Å². The quantitative estimate of drug-likeness (QED) is 0.548. The molecule has 154 valence electrons. The van der Waals surface area contributed by atoms with Gasteiger partial charge >= 0.3 is 12.1 Å². The summed E-state index contributed by atoms with van der Waals surface area (Å²) in [7, 11) is 0. The molecule has 1 fully saturated rings. The van der Waals surface area contributed by atoms with Gasteiger partial charge in [0.15, 0.2) is 11.4 Å². The summed E-state index contributed by atoms with van der Waals surface area (Å²) in [6, 6.07) is 12.3. The zero-order valence-electron chi connectivity index (χ0n) is 15.4. The van der Waals surface area contributed by atoms with Crippen molar-refractivity contribution in [2.24, 2.45) is 0 Å². The number of amides is 1. The van der Waals surface area contributed by atoms with Gasteiger partial charge in [0.05, 0.1) is 6.20 Å². The Kier molecular flexibility index (Phi) is 4.16. The van der Waals surface area contributed by atoms with E-state index in [1.54, 1.807) is 22.8 Å². The van der Waals surface area contributed by atoms with E-state index in [1.807, 2.05) is 35.6 Å². The molecule has 0 unspecified atom stereocenters. The minimum atomic E-state index is -4.88. The number of benzene rings is 1. The first kappa shape index (κ1) is 18.5. The maximum absolute atomic E-state index is 12.3. The number of imidazole rings is 1. The number of hydrogen-bond acceptors (Lipinski definition) is 5. The summed E-state index contributed by atoms with van der Waals surface area (Å²) in [5.74, 6) is -1.02. The maximum Gasteiger partial charge on any atom is 0.471 e. The second-order valence-electron chi connectivity index (χ2n) is 7.11. The molecule has 3 heterocycles. The van der Waals surface area contributed by atoms with Crippen molar-refractivity contribution in [3.63, 3.8) is 0 Å². The first-order chi connectivity index (χ1) is 14.4. The molecule has 1 saturated carbocycles. The van der Waals surface area contributed by atoms with E-state index in [1.165, 1.54) is 0 Å². The van der Waals surface area contributed by atoms with Crippen molar-refractivity contribution in [2.45, 2.75) is 31.2 Å². The molecule has 0 bridgehead atoms. The van der Waals surface area contributed by atoms with Gasteiger partial charge in [0, 0.05) is 30.3 Å². The third-order valence-corrected chi connectivity index (χ3v) is 4.99. The van der Waals surface area contributed by atoms with Crippen molar-refractivity contribution in [1.82, 2.24) is 19.9 Å². The Morgan fingerprint density at radius 2 is 2.00 bits per heavy atom. The molecule has 0 aliphatic heterocycles. The molecule has 1 N–H and O–H groups in total. The standard InChI is InChI=1S/C20H15F3N4O3/c21-20(22,23)19(28)25-12-8-13(9-12)29-18-6-5-17-24-10-14(27(17)26-18)16-7-11-3-1-2-4-15(11)30-16/h1-7,10,12-13H,8-9H2,(H,25,28). The summed E-state index contributed by atoms with van der Waals surface area (Å²) in [6.45, 7) is 0. The van der Waals surface area contributed by atoms with Crippen LogP contribution in [0.25, 0.3) is 28.1 Å². The molecule has 0 spiro atoms. The van der Waals surface area contributed by atoms with E-state index in [9.17, 15) is 18.0 Å². The number of carbonyl (C=O) groups is 1. The SMILES string of the molecule is O=C(NC1CC(Oc2ccc3ncc(-c4cc5ccccc5o4)n3n2)C1)C(F)(F)F. The number of hydrogen-bond donors (Lipinski definition) is 1. The zero-order chi connectivity index (χ0) is 20.9. The fourth-order valence-electron chi connectivity index (χ4n) is 3.41. The molecular weight excluding hydrogens is 401 g/mol. The number of nitrogens with one attached hydrogen (secondary N) is 1. The molecular formula is C20H15F3N4O3. The highest BCUT2D eigenvalue weighted by Gasteiger charge is 2.42. The Balaban J connectivity index is 1.31. The van der Waals surface area contributed by atoms with Crippen LogP contribution in [0.3, 0.4) is 0 Å². The highest BCUT2D eigenvalue weighted by Crippen LogP contribution is 2.30. The fourth-order valence-corrected chi connectivity index (χ4v) is 3.41. The van der Waals surface area contributed by atoms with Crippen LogP contribution in [0.15, 0.2) is 53.1 Å². The van der Waals surface area contributed by atoms with Crippen LogP contribution in [0.2, 0.25) is 0 Å². The van der Waals surface area contributed by atoms with Crippen molar-refractivity contribution >= 4 is 22.5 Å². The lowest BCUT2D eigenvalue weighted by molar-refractivity contribution is -0.175. The van der Waals surface area contributed by atoms with E-state index < -0.39 is 18.1 Å². The van der Waals surface area contributed by atoms with Crippen LogP contribution in [0.4, 0.5) is 13.2 Å². The zero-order valence-corrected chi connectivity index (χ0v) is 15.4. The highest BCUT2D eigenvalue weighted by molar-refractivity contribution is 5.82. The van der Waals surface area contributed by atoms with E-state index in [-0.39, 0.29) is 18.9 Å². The number of fused-ring (bicyclic) bond motifs is 2. The predicted molar refractivity (Wildman–Crippen MR) is 99.8 cm³/mol. The number of ether oxygens (including phenoxy) is 1. The first-order valence-corrected chi connectivity index (χ1v) is 9.25. The van der Waals surface area contributed by atoms with Gasteiger partial charge in [-0.15, -0.1) is 5.10 Å². The lowest BCUT2D eigenvalue weighted by Crippen LogP contribution is -2.52. The summed E-state index contributed by atoms with van der Waals surface area (Å²) < 4.78 is 50.1. The second-order valence-corrected chi connectivity index (χ2v) is 7.11. The molecule has 0 radical (unpaired) electrons. The van der Waals surface area contributed by atoms with E-state index in [0.717, 1.165) is 11.0 Å². The average Bonchev–Trinajstić information content (AvgIpc) is 3.28. The molecule has 1 aliphatic rings. The number of nitrogens with zero attached hydrogens (tertiary/aromatic N) is 3. The minimum Gasteiger partial charge on any atom is -0.473 e. The van der Waals surface area contributed by atoms with Crippen LogP contribution in [0, 0.1) is 0 Å². The Morgan fingerprint density at radius 1 is 1.20 bits per heavy atom. The average molecular weight is 416 g/mol. The van der Waals surface area contributed by atoms with Crippen LogP contribution in [0.1, 0.15) is 12.8 Å². The molecule has 7 nitrogen and oxygen atoms in total. The van der Waals surface area contributed by atoms with Gasteiger partial charge in [-0.2, -0.15) is 13.2 Å². The molecule has 30 heavy (non-hydrogen) atoms. The molecule has 10 heteroatoms. The number of rotatable bonds is 4. The van der Waals surface area contributed by atoms with Crippen LogP contribution in [-0.4, -0.2) is 38.8 Å². The van der Waals surface area contributed by atoms with Crippen LogP contribution < -0.4 is 10.1 Å². The molecule has 0 atom stereocenters. The number of aromatic nitrogens is 3. The summed E-state index contributed by atoms with van der Waals surface area (Å²) in [5, 5.41) is 7.34. The van der Waals surface area contributed by atoms with E-state index >= 15 is 0 Å². The third kappa shape index (κ3) is 3.34. The Bertz CT molecular complexity index is 1210. The number of furan rings is 1. The van der Waals surface area contributed by atoms with Gasteiger partial charge in [0.2, 0.25) is 5.88 Å².